The van der Waals surface area contributed by atoms with Crippen molar-refractivity contribution in [2.45, 2.75) is 19.5 Å². The molecule has 0 bridgehead atoms. The molecule has 1 atom stereocenters. The van der Waals surface area contributed by atoms with Gasteiger partial charge in [-0.3, -0.25) is 14.6 Å². The molecule has 156 valence electrons. The minimum Gasteiger partial charge on any atom is -0.493 e. The summed E-state index contributed by atoms with van der Waals surface area (Å²) in [6.45, 7) is 6.11. The molecule has 1 heterocycles. The Hall–Kier alpha value is -2.64. The van der Waals surface area contributed by atoms with Gasteiger partial charge in [0.15, 0.2) is 11.5 Å². The Morgan fingerprint density at radius 2 is 1.69 bits per heavy atom. The van der Waals surface area contributed by atoms with Crippen LogP contribution >= 0.6 is 0 Å². The van der Waals surface area contributed by atoms with Crippen LogP contribution in [0.25, 0.3) is 0 Å². The molecule has 0 saturated carbocycles. The van der Waals surface area contributed by atoms with Crippen molar-refractivity contribution in [2.24, 2.45) is 0 Å². The monoisotopic (exact) mass is 401 g/mol. The van der Waals surface area contributed by atoms with Crippen LogP contribution in [-0.2, 0) is 11.3 Å². The highest BCUT2D eigenvalue weighted by Gasteiger charge is 2.25. The molecule has 1 amide bonds. The fourth-order valence-corrected chi connectivity index (χ4v) is 3.49. The van der Waals surface area contributed by atoms with Gasteiger partial charge in [-0.05, 0) is 48.9 Å². The van der Waals surface area contributed by atoms with E-state index in [-0.39, 0.29) is 17.8 Å². The van der Waals surface area contributed by atoms with Gasteiger partial charge in [0.25, 0.3) is 0 Å². The first-order valence-electron chi connectivity index (χ1n) is 9.74. The van der Waals surface area contributed by atoms with Crippen LogP contribution in [0.1, 0.15) is 12.5 Å². The second-order valence-electron chi connectivity index (χ2n) is 7.17. The van der Waals surface area contributed by atoms with E-state index in [4.69, 9.17) is 9.47 Å². The maximum atomic E-state index is 13.0. The molecule has 1 aliphatic heterocycles. The second kappa shape index (κ2) is 9.71. The number of anilines is 1. The summed E-state index contributed by atoms with van der Waals surface area (Å²) in [4.78, 5) is 17.0. The Bertz CT molecular complexity index is 821. The lowest BCUT2D eigenvalue weighted by Gasteiger charge is -2.37. The minimum absolute atomic E-state index is 0.0788. The normalized spacial score (nSPS) is 16.3. The van der Waals surface area contributed by atoms with Crippen LogP contribution in [0.2, 0.25) is 0 Å². The molecule has 7 heteroatoms. The minimum atomic E-state index is -0.318. The van der Waals surface area contributed by atoms with Crippen molar-refractivity contribution in [3.05, 3.63) is 53.8 Å². The zero-order valence-corrected chi connectivity index (χ0v) is 17.2. The summed E-state index contributed by atoms with van der Waals surface area (Å²) in [6, 6.07) is 11.5. The van der Waals surface area contributed by atoms with Crippen LogP contribution in [0.4, 0.5) is 10.1 Å². The molecule has 1 N–H and O–H groups in total. The Morgan fingerprint density at radius 3 is 2.31 bits per heavy atom. The van der Waals surface area contributed by atoms with Crippen LogP contribution in [0.15, 0.2) is 42.5 Å². The molecule has 1 fully saturated rings. The fourth-order valence-electron chi connectivity index (χ4n) is 3.49. The highest BCUT2D eigenvalue weighted by Crippen LogP contribution is 2.28. The molecule has 29 heavy (non-hydrogen) atoms. The van der Waals surface area contributed by atoms with E-state index in [1.54, 1.807) is 26.4 Å². The molecule has 0 aromatic heterocycles. The lowest BCUT2D eigenvalue weighted by Crippen LogP contribution is -2.52. The first kappa shape index (κ1) is 21.1. The number of hydrogen-bond acceptors (Lipinski definition) is 5. The number of rotatable bonds is 7. The zero-order chi connectivity index (χ0) is 20.8. The van der Waals surface area contributed by atoms with Crippen LogP contribution in [-0.4, -0.2) is 62.1 Å². The number of hydrogen-bond donors (Lipinski definition) is 1. The van der Waals surface area contributed by atoms with Crippen molar-refractivity contribution in [2.75, 3.05) is 45.7 Å². The Kier molecular flexibility index (Phi) is 7.06. The van der Waals surface area contributed by atoms with Crippen LogP contribution in [0.5, 0.6) is 11.5 Å². The third-order valence-electron chi connectivity index (χ3n) is 5.30. The van der Waals surface area contributed by atoms with E-state index in [9.17, 15) is 9.18 Å². The molecule has 2 aromatic rings. The summed E-state index contributed by atoms with van der Waals surface area (Å²) < 4.78 is 23.7. The van der Waals surface area contributed by atoms with Crippen molar-refractivity contribution >= 4 is 11.6 Å². The number of halogens is 1. The average molecular weight is 401 g/mol. The summed E-state index contributed by atoms with van der Waals surface area (Å²) in [6.07, 6.45) is 0. The fraction of sp³-hybridized carbons (Fsp3) is 0.409. The Labute approximate surface area is 171 Å². The van der Waals surface area contributed by atoms with Gasteiger partial charge >= 0.3 is 0 Å². The van der Waals surface area contributed by atoms with Crippen LogP contribution in [0, 0.1) is 5.82 Å². The standard InChI is InChI=1S/C22H28FN3O3/c1-16(22(27)24-19-7-5-18(23)6-8-19)26-12-10-25(11-13-26)15-17-4-9-20(28-2)21(14-17)29-3/h4-9,14,16H,10-13,15H2,1-3H3,(H,24,27)/t16-/m0/s1. The maximum absolute atomic E-state index is 13.0. The molecule has 6 nitrogen and oxygen atoms in total. The number of carbonyl (C=O) groups is 1. The van der Waals surface area contributed by atoms with Gasteiger partial charge < -0.3 is 14.8 Å². The van der Waals surface area contributed by atoms with E-state index < -0.39 is 0 Å². The summed E-state index contributed by atoms with van der Waals surface area (Å²) in [5.74, 6) is 1.06. The van der Waals surface area contributed by atoms with Gasteiger partial charge in [-0.25, -0.2) is 4.39 Å². The van der Waals surface area contributed by atoms with E-state index in [1.807, 2.05) is 25.1 Å². The average Bonchev–Trinajstić information content (AvgIpc) is 2.75. The predicted molar refractivity (Wildman–Crippen MR) is 111 cm³/mol. The van der Waals surface area contributed by atoms with Crippen molar-refractivity contribution in [1.29, 1.82) is 0 Å². The molecule has 1 aliphatic rings. The molecule has 0 spiro atoms. The van der Waals surface area contributed by atoms with Crippen LogP contribution < -0.4 is 14.8 Å². The van der Waals surface area contributed by atoms with Crippen molar-refractivity contribution in [3.8, 4) is 11.5 Å². The number of benzene rings is 2. The van der Waals surface area contributed by atoms with Gasteiger partial charge in [-0.2, -0.15) is 0 Å². The van der Waals surface area contributed by atoms with Crippen molar-refractivity contribution < 1.29 is 18.7 Å². The second-order valence-corrected chi connectivity index (χ2v) is 7.17. The van der Waals surface area contributed by atoms with Gasteiger partial charge in [0, 0.05) is 38.4 Å². The molecule has 1 saturated heterocycles. The molecular formula is C22H28FN3O3. The quantitative estimate of drug-likeness (QED) is 0.773. The number of ether oxygens (including phenoxy) is 2. The number of methoxy groups -OCH3 is 2. The van der Waals surface area contributed by atoms with E-state index in [0.717, 1.165) is 44.2 Å². The lowest BCUT2D eigenvalue weighted by molar-refractivity contribution is -0.121. The molecule has 2 aromatic carbocycles. The van der Waals surface area contributed by atoms with E-state index in [2.05, 4.69) is 15.1 Å². The van der Waals surface area contributed by atoms with Gasteiger partial charge in [-0.15, -0.1) is 0 Å². The van der Waals surface area contributed by atoms with E-state index >= 15 is 0 Å². The topological polar surface area (TPSA) is 54.0 Å². The molecule has 0 unspecified atom stereocenters. The SMILES string of the molecule is COc1ccc(CN2CCN([C@@H](C)C(=O)Nc3ccc(F)cc3)CC2)cc1OC. The van der Waals surface area contributed by atoms with E-state index in [0.29, 0.717) is 5.69 Å². The third kappa shape index (κ3) is 5.46. The van der Waals surface area contributed by atoms with Crippen molar-refractivity contribution in [3.63, 3.8) is 0 Å². The predicted octanol–water partition coefficient (Wildman–Crippen LogP) is 2.99. The maximum Gasteiger partial charge on any atom is 0.241 e. The van der Waals surface area contributed by atoms with Gasteiger partial charge in [0.1, 0.15) is 5.82 Å². The van der Waals surface area contributed by atoms with E-state index in [1.165, 1.54) is 17.7 Å². The first-order chi connectivity index (χ1) is 14.0. The zero-order valence-electron chi connectivity index (χ0n) is 17.2. The Balaban J connectivity index is 1.50. The van der Waals surface area contributed by atoms with Gasteiger partial charge in [-0.1, -0.05) is 6.07 Å². The third-order valence-corrected chi connectivity index (χ3v) is 5.30. The highest BCUT2D eigenvalue weighted by atomic mass is 19.1. The first-order valence-corrected chi connectivity index (χ1v) is 9.74. The summed E-state index contributed by atoms with van der Waals surface area (Å²) in [5.41, 5.74) is 1.77. The summed E-state index contributed by atoms with van der Waals surface area (Å²) in [7, 11) is 3.27. The number of piperazine rings is 1. The van der Waals surface area contributed by atoms with Crippen molar-refractivity contribution in [1.82, 2.24) is 9.80 Å². The number of nitrogens with zero attached hydrogens (tertiary/aromatic N) is 2. The lowest BCUT2D eigenvalue weighted by atomic mass is 10.1. The summed E-state index contributed by atoms with van der Waals surface area (Å²) >= 11 is 0. The molecule has 3 rings (SSSR count). The molecular weight excluding hydrogens is 373 g/mol. The van der Waals surface area contributed by atoms with Crippen LogP contribution in [0.3, 0.4) is 0 Å². The number of amides is 1. The summed E-state index contributed by atoms with van der Waals surface area (Å²) in [5, 5.41) is 2.85. The van der Waals surface area contributed by atoms with Gasteiger partial charge in [0.05, 0.1) is 20.3 Å². The molecule has 0 aliphatic carbocycles. The number of carbonyl (C=O) groups excluding carboxylic acids is 1. The smallest absolute Gasteiger partial charge is 0.241 e. The largest absolute Gasteiger partial charge is 0.493 e. The van der Waals surface area contributed by atoms with Gasteiger partial charge in [0.2, 0.25) is 5.91 Å². The number of nitrogens with one attached hydrogen (secondary N) is 1. The highest BCUT2D eigenvalue weighted by molar-refractivity contribution is 5.94. The Morgan fingerprint density at radius 1 is 1.03 bits per heavy atom. The molecule has 0 radical (unpaired) electrons.